The summed E-state index contributed by atoms with van der Waals surface area (Å²) in [5.74, 6) is -0.226. The molecule has 0 aliphatic rings. The van der Waals surface area contributed by atoms with Crippen molar-refractivity contribution in [3.8, 4) is 0 Å². The second-order valence-electron chi connectivity index (χ2n) is 4.67. The summed E-state index contributed by atoms with van der Waals surface area (Å²) >= 11 is 0. The van der Waals surface area contributed by atoms with Gasteiger partial charge in [-0.15, -0.1) is 6.58 Å². The molecule has 0 saturated carbocycles. The van der Waals surface area contributed by atoms with Crippen LogP contribution in [0.25, 0.3) is 0 Å². The zero-order valence-corrected chi connectivity index (χ0v) is 12.0. The van der Waals surface area contributed by atoms with E-state index in [0.29, 0.717) is 0 Å². The molecule has 0 bridgehead atoms. The number of hydrogen-bond donors (Lipinski definition) is 0. The minimum Gasteiger partial charge on any atom is -0.466 e. The average Bonchev–Trinajstić information content (AvgIpc) is 2.23. The molecule has 0 aliphatic heterocycles. The van der Waals surface area contributed by atoms with Crippen molar-refractivity contribution in [1.82, 2.24) is 0 Å². The summed E-state index contributed by atoms with van der Waals surface area (Å²) < 4.78 is 4.72. The van der Waals surface area contributed by atoms with Crippen LogP contribution in [0.3, 0.4) is 0 Å². The Morgan fingerprint density at radius 3 is 2.50 bits per heavy atom. The Balaban J connectivity index is 4.84. The molecule has 0 unspecified atom stereocenters. The number of allylic oxidation sites excluding steroid dienone is 2. The number of carbonyl (C=O) groups excluding carboxylic acids is 1. The van der Waals surface area contributed by atoms with Crippen LogP contribution < -0.4 is 0 Å². The number of unbranched alkanes of at least 4 members (excludes halogenated alkanes) is 1. The summed E-state index contributed by atoms with van der Waals surface area (Å²) in [4.78, 5) is 11.3. The van der Waals surface area contributed by atoms with Crippen molar-refractivity contribution >= 4 is 14.0 Å². The second kappa shape index (κ2) is 7.44. The van der Waals surface area contributed by atoms with Gasteiger partial charge in [0.25, 0.3) is 0 Å². The predicted molar refractivity (Wildman–Crippen MR) is 72.1 cm³/mol. The highest BCUT2D eigenvalue weighted by Crippen LogP contribution is 2.25. The summed E-state index contributed by atoms with van der Waals surface area (Å²) in [6.07, 6.45) is 6.96. The SMILES string of the molecule is C=CC[Si](C)(C)/C(=C\C(=O)OC)CCCC. The normalized spacial score (nSPS) is 12.4. The zero-order chi connectivity index (χ0) is 12.6. The lowest BCUT2D eigenvalue weighted by atomic mass is 10.2. The first-order chi connectivity index (χ1) is 7.47. The van der Waals surface area contributed by atoms with Gasteiger partial charge in [-0.25, -0.2) is 4.79 Å². The van der Waals surface area contributed by atoms with Crippen LogP contribution in [0.2, 0.25) is 19.1 Å². The molecular formula is C13H24O2Si. The topological polar surface area (TPSA) is 26.3 Å². The smallest absolute Gasteiger partial charge is 0.330 e. The summed E-state index contributed by atoms with van der Waals surface area (Å²) in [6.45, 7) is 10.5. The van der Waals surface area contributed by atoms with Gasteiger partial charge >= 0.3 is 5.97 Å². The maximum atomic E-state index is 11.3. The Kier molecular flexibility index (Phi) is 7.05. The monoisotopic (exact) mass is 240 g/mol. The molecule has 0 saturated heterocycles. The van der Waals surface area contributed by atoms with Crippen LogP contribution in [0.5, 0.6) is 0 Å². The number of carbonyl (C=O) groups is 1. The van der Waals surface area contributed by atoms with E-state index in [1.165, 1.54) is 12.3 Å². The number of ether oxygens (including phenoxy) is 1. The lowest BCUT2D eigenvalue weighted by molar-refractivity contribution is -0.134. The lowest BCUT2D eigenvalue weighted by Crippen LogP contribution is -2.29. The van der Waals surface area contributed by atoms with Gasteiger partial charge in [-0.3, -0.25) is 0 Å². The number of rotatable bonds is 7. The van der Waals surface area contributed by atoms with Gasteiger partial charge in [0.2, 0.25) is 0 Å². The first-order valence-electron chi connectivity index (χ1n) is 5.87. The Morgan fingerprint density at radius 2 is 2.06 bits per heavy atom. The molecule has 0 radical (unpaired) electrons. The molecule has 0 aromatic rings. The molecule has 2 nitrogen and oxygen atoms in total. The van der Waals surface area contributed by atoms with Crippen LogP contribution in [-0.2, 0) is 9.53 Å². The van der Waals surface area contributed by atoms with Crippen LogP contribution >= 0.6 is 0 Å². The van der Waals surface area contributed by atoms with Gasteiger partial charge in [-0.05, 0) is 12.5 Å². The van der Waals surface area contributed by atoms with Gasteiger partial charge in [0.1, 0.15) is 0 Å². The number of methoxy groups -OCH3 is 1. The van der Waals surface area contributed by atoms with E-state index in [-0.39, 0.29) is 5.97 Å². The zero-order valence-electron chi connectivity index (χ0n) is 11.0. The molecule has 0 aliphatic carbocycles. The Labute approximate surface area is 100 Å². The van der Waals surface area contributed by atoms with Crippen molar-refractivity contribution in [2.24, 2.45) is 0 Å². The van der Waals surface area contributed by atoms with E-state index in [9.17, 15) is 4.79 Å². The molecule has 0 N–H and O–H groups in total. The summed E-state index contributed by atoms with van der Waals surface area (Å²) in [7, 11) is -0.0779. The van der Waals surface area contributed by atoms with Crippen LogP contribution in [-0.4, -0.2) is 21.2 Å². The summed E-state index contributed by atoms with van der Waals surface area (Å²) in [5, 5.41) is 1.29. The van der Waals surface area contributed by atoms with Gasteiger partial charge < -0.3 is 4.74 Å². The van der Waals surface area contributed by atoms with Crippen LogP contribution in [0.1, 0.15) is 26.2 Å². The molecule has 0 heterocycles. The highest BCUT2D eigenvalue weighted by atomic mass is 28.3. The Morgan fingerprint density at radius 1 is 1.44 bits per heavy atom. The van der Waals surface area contributed by atoms with Crippen molar-refractivity contribution in [3.63, 3.8) is 0 Å². The van der Waals surface area contributed by atoms with E-state index in [1.807, 2.05) is 6.08 Å². The maximum Gasteiger partial charge on any atom is 0.330 e. The molecule has 3 heteroatoms. The van der Waals surface area contributed by atoms with E-state index >= 15 is 0 Å². The third-order valence-corrected chi connectivity index (χ3v) is 6.26. The fourth-order valence-electron chi connectivity index (χ4n) is 1.67. The minimum absolute atomic E-state index is 0.226. The average molecular weight is 240 g/mol. The molecular weight excluding hydrogens is 216 g/mol. The second-order valence-corrected chi connectivity index (χ2v) is 9.49. The first kappa shape index (κ1) is 15.2. The van der Waals surface area contributed by atoms with Crippen LogP contribution in [0.15, 0.2) is 23.9 Å². The molecule has 0 rings (SSSR count). The first-order valence-corrected chi connectivity index (χ1v) is 9.08. The molecule has 0 spiro atoms. The molecule has 0 atom stereocenters. The van der Waals surface area contributed by atoms with Gasteiger partial charge in [-0.1, -0.05) is 44.1 Å². The van der Waals surface area contributed by atoms with Crippen molar-refractivity contribution < 1.29 is 9.53 Å². The van der Waals surface area contributed by atoms with Crippen molar-refractivity contribution in [2.75, 3.05) is 7.11 Å². The van der Waals surface area contributed by atoms with E-state index in [4.69, 9.17) is 4.74 Å². The third kappa shape index (κ3) is 5.31. The lowest BCUT2D eigenvalue weighted by Gasteiger charge is -2.24. The third-order valence-electron chi connectivity index (χ3n) is 2.82. The van der Waals surface area contributed by atoms with Crippen LogP contribution in [0.4, 0.5) is 0 Å². The number of hydrogen-bond acceptors (Lipinski definition) is 2. The fourth-order valence-corrected chi connectivity index (χ4v) is 4.01. The van der Waals surface area contributed by atoms with E-state index in [1.54, 1.807) is 6.08 Å². The van der Waals surface area contributed by atoms with Crippen molar-refractivity contribution in [3.05, 3.63) is 23.9 Å². The molecule has 0 fully saturated rings. The van der Waals surface area contributed by atoms with E-state index < -0.39 is 8.07 Å². The van der Waals surface area contributed by atoms with Gasteiger partial charge in [-0.2, -0.15) is 0 Å². The highest BCUT2D eigenvalue weighted by Gasteiger charge is 2.24. The molecule has 92 valence electrons. The Hall–Kier alpha value is -0.833. The standard InChI is InChI=1S/C13H24O2Si/c1-6-8-9-12(11-13(14)15-3)16(4,5)10-7-2/h7,11H,2,6,8-10H2,1,3-5H3/b12-11-. The van der Waals surface area contributed by atoms with Crippen molar-refractivity contribution in [1.29, 1.82) is 0 Å². The molecule has 0 amide bonds. The maximum absolute atomic E-state index is 11.3. The van der Waals surface area contributed by atoms with Gasteiger partial charge in [0, 0.05) is 6.08 Å². The van der Waals surface area contributed by atoms with E-state index in [2.05, 4.69) is 26.6 Å². The largest absolute Gasteiger partial charge is 0.466 e. The minimum atomic E-state index is -1.51. The predicted octanol–water partition coefficient (Wildman–Crippen LogP) is 3.71. The molecule has 0 aromatic carbocycles. The van der Waals surface area contributed by atoms with E-state index in [0.717, 1.165) is 25.3 Å². The summed E-state index contributed by atoms with van der Waals surface area (Å²) in [6, 6.07) is 1.01. The molecule has 0 aromatic heterocycles. The Bertz CT molecular complexity index is 267. The summed E-state index contributed by atoms with van der Waals surface area (Å²) in [5.41, 5.74) is 0. The quantitative estimate of drug-likeness (QED) is 0.293. The van der Waals surface area contributed by atoms with Crippen LogP contribution in [0, 0.1) is 0 Å². The van der Waals surface area contributed by atoms with Gasteiger partial charge in [0.05, 0.1) is 15.2 Å². The molecule has 16 heavy (non-hydrogen) atoms. The highest BCUT2D eigenvalue weighted by molar-refractivity contribution is 6.84. The fraction of sp³-hybridized carbons (Fsp3) is 0.615. The number of esters is 1. The van der Waals surface area contributed by atoms with Gasteiger partial charge in [0.15, 0.2) is 0 Å². The van der Waals surface area contributed by atoms with Crippen molar-refractivity contribution in [2.45, 2.75) is 45.3 Å².